The third kappa shape index (κ3) is 2.31. The normalized spacial score (nSPS) is 10.6. The highest BCUT2D eigenvalue weighted by atomic mass is 16.5. The van der Waals surface area contributed by atoms with Gasteiger partial charge in [-0.3, -0.25) is 9.78 Å². The van der Waals surface area contributed by atoms with Crippen LogP contribution in [0.15, 0.2) is 41.5 Å². The Hall–Kier alpha value is -2.89. The van der Waals surface area contributed by atoms with Crippen molar-refractivity contribution in [2.75, 3.05) is 14.2 Å². The smallest absolute Gasteiger partial charge is 0.281 e. The van der Waals surface area contributed by atoms with E-state index in [2.05, 4.69) is 15.0 Å². The first-order chi connectivity index (χ1) is 10.2. The minimum atomic E-state index is -0.323. The monoisotopic (exact) mass is 283 g/mol. The highest BCUT2D eigenvalue weighted by molar-refractivity contribution is 5.83. The zero-order valence-corrected chi connectivity index (χ0v) is 11.6. The molecule has 6 heteroatoms. The fraction of sp³-hybridized carbons (Fsp3) is 0.133. The summed E-state index contributed by atoms with van der Waals surface area (Å²) in [6.07, 6.45) is 3.29. The van der Waals surface area contributed by atoms with E-state index in [1.807, 2.05) is 0 Å². The van der Waals surface area contributed by atoms with Gasteiger partial charge in [0.1, 0.15) is 5.82 Å². The lowest BCUT2D eigenvalue weighted by atomic mass is 10.2. The van der Waals surface area contributed by atoms with E-state index in [0.717, 1.165) is 5.56 Å². The van der Waals surface area contributed by atoms with Crippen molar-refractivity contribution < 1.29 is 9.47 Å². The summed E-state index contributed by atoms with van der Waals surface area (Å²) in [4.78, 5) is 23.3. The maximum atomic E-state index is 12.2. The Labute approximate surface area is 120 Å². The number of pyridine rings is 1. The fourth-order valence-electron chi connectivity index (χ4n) is 2.12. The quantitative estimate of drug-likeness (QED) is 0.795. The van der Waals surface area contributed by atoms with Crippen LogP contribution in [-0.4, -0.2) is 29.2 Å². The minimum Gasteiger partial charge on any atom is -0.493 e. The molecule has 0 radical (unpaired) electrons. The van der Waals surface area contributed by atoms with Gasteiger partial charge in [0, 0.05) is 24.0 Å². The van der Waals surface area contributed by atoms with Crippen LogP contribution in [0.4, 0.5) is 0 Å². The van der Waals surface area contributed by atoms with Crippen LogP contribution in [0.25, 0.3) is 22.3 Å². The number of aromatic amines is 1. The number of methoxy groups -OCH3 is 2. The van der Waals surface area contributed by atoms with Gasteiger partial charge < -0.3 is 14.5 Å². The molecule has 1 N–H and O–H groups in total. The Morgan fingerprint density at radius 3 is 2.38 bits per heavy atom. The van der Waals surface area contributed by atoms with Gasteiger partial charge in [-0.15, -0.1) is 0 Å². The molecule has 3 aromatic rings. The maximum Gasteiger partial charge on any atom is 0.281 e. The molecule has 0 saturated carbocycles. The van der Waals surface area contributed by atoms with Crippen molar-refractivity contribution in [2.45, 2.75) is 0 Å². The zero-order valence-electron chi connectivity index (χ0n) is 11.6. The molecule has 6 nitrogen and oxygen atoms in total. The predicted molar refractivity (Wildman–Crippen MR) is 78.7 cm³/mol. The zero-order chi connectivity index (χ0) is 14.8. The highest BCUT2D eigenvalue weighted by Gasteiger charge is 2.11. The second-order valence-corrected chi connectivity index (χ2v) is 4.38. The van der Waals surface area contributed by atoms with Gasteiger partial charge in [-0.2, -0.15) is 4.98 Å². The summed E-state index contributed by atoms with van der Waals surface area (Å²) in [7, 11) is 3.07. The average molecular weight is 283 g/mol. The number of benzene rings is 1. The second-order valence-electron chi connectivity index (χ2n) is 4.38. The molecule has 0 spiro atoms. The van der Waals surface area contributed by atoms with Crippen molar-refractivity contribution in [1.82, 2.24) is 15.0 Å². The summed E-state index contributed by atoms with van der Waals surface area (Å²) in [5.74, 6) is 1.53. The van der Waals surface area contributed by atoms with Crippen LogP contribution in [0.2, 0.25) is 0 Å². The minimum absolute atomic E-state index is 0.323. The Balaban J connectivity index is 2.27. The molecule has 3 rings (SSSR count). The van der Waals surface area contributed by atoms with Crippen LogP contribution in [0.1, 0.15) is 0 Å². The van der Waals surface area contributed by atoms with Crippen molar-refractivity contribution in [3.63, 3.8) is 0 Å². The van der Waals surface area contributed by atoms with Gasteiger partial charge >= 0.3 is 0 Å². The number of ether oxygens (including phenoxy) is 2. The van der Waals surface area contributed by atoms with E-state index in [1.54, 1.807) is 43.8 Å². The van der Waals surface area contributed by atoms with Gasteiger partial charge in [0.05, 0.1) is 25.1 Å². The fourth-order valence-corrected chi connectivity index (χ4v) is 2.12. The third-order valence-corrected chi connectivity index (χ3v) is 3.17. The molecule has 1 aromatic carbocycles. The van der Waals surface area contributed by atoms with E-state index in [1.165, 1.54) is 7.11 Å². The number of H-pyrrole nitrogens is 1. The summed E-state index contributed by atoms with van der Waals surface area (Å²) < 4.78 is 10.5. The van der Waals surface area contributed by atoms with Crippen LogP contribution < -0.4 is 15.0 Å². The molecule has 106 valence electrons. The first-order valence-electron chi connectivity index (χ1n) is 6.29. The Morgan fingerprint density at radius 2 is 1.71 bits per heavy atom. The molecule has 0 saturated heterocycles. The largest absolute Gasteiger partial charge is 0.493 e. The van der Waals surface area contributed by atoms with Crippen LogP contribution >= 0.6 is 0 Å². The number of hydrogen-bond donors (Lipinski definition) is 1. The Bertz CT molecular complexity index is 844. The van der Waals surface area contributed by atoms with Gasteiger partial charge in [0.2, 0.25) is 0 Å². The lowest BCUT2D eigenvalue weighted by Crippen LogP contribution is -2.10. The van der Waals surface area contributed by atoms with Crippen molar-refractivity contribution >= 4 is 10.9 Å². The van der Waals surface area contributed by atoms with Gasteiger partial charge in [-0.1, -0.05) is 0 Å². The predicted octanol–water partition coefficient (Wildman–Crippen LogP) is 2.00. The third-order valence-electron chi connectivity index (χ3n) is 3.17. The van der Waals surface area contributed by atoms with Gasteiger partial charge in [-0.25, -0.2) is 0 Å². The van der Waals surface area contributed by atoms with Crippen LogP contribution in [0.5, 0.6) is 11.5 Å². The first-order valence-corrected chi connectivity index (χ1v) is 6.29. The molecule has 0 unspecified atom stereocenters. The molecule has 21 heavy (non-hydrogen) atoms. The first kappa shape index (κ1) is 13.1. The Kier molecular flexibility index (Phi) is 3.27. The Morgan fingerprint density at radius 1 is 1.05 bits per heavy atom. The van der Waals surface area contributed by atoms with Crippen molar-refractivity contribution in [1.29, 1.82) is 0 Å². The molecule has 0 amide bonds. The van der Waals surface area contributed by atoms with Gasteiger partial charge in [-0.05, 0) is 18.2 Å². The molecule has 0 fully saturated rings. The van der Waals surface area contributed by atoms with Crippen LogP contribution in [0, 0.1) is 0 Å². The highest BCUT2D eigenvalue weighted by Crippen LogP contribution is 2.30. The SMILES string of the molecule is COc1cc2[nH]c(-c3ccncc3)nc(=O)c2cc1OC. The molecule has 0 aliphatic rings. The summed E-state index contributed by atoms with van der Waals surface area (Å²) in [5, 5.41) is 0.449. The molecule has 2 aromatic heterocycles. The number of nitrogens with zero attached hydrogens (tertiary/aromatic N) is 2. The van der Waals surface area contributed by atoms with E-state index in [9.17, 15) is 4.79 Å². The van der Waals surface area contributed by atoms with Crippen molar-refractivity contribution in [3.05, 3.63) is 47.0 Å². The number of fused-ring (bicyclic) bond motifs is 1. The van der Waals surface area contributed by atoms with E-state index in [-0.39, 0.29) is 5.56 Å². The van der Waals surface area contributed by atoms with E-state index >= 15 is 0 Å². The van der Waals surface area contributed by atoms with Crippen molar-refractivity contribution in [2.24, 2.45) is 0 Å². The summed E-state index contributed by atoms with van der Waals surface area (Å²) in [6.45, 7) is 0. The maximum absolute atomic E-state index is 12.2. The van der Waals surface area contributed by atoms with Crippen LogP contribution in [0.3, 0.4) is 0 Å². The number of nitrogens with one attached hydrogen (secondary N) is 1. The summed E-state index contributed by atoms with van der Waals surface area (Å²) in [5.41, 5.74) is 1.11. The van der Waals surface area contributed by atoms with E-state index < -0.39 is 0 Å². The van der Waals surface area contributed by atoms with Gasteiger partial charge in [0.15, 0.2) is 11.5 Å². The van der Waals surface area contributed by atoms with E-state index in [4.69, 9.17) is 9.47 Å². The van der Waals surface area contributed by atoms with Crippen molar-refractivity contribution in [3.8, 4) is 22.9 Å². The molecule has 0 atom stereocenters. The lowest BCUT2D eigenvalue weighted by molar-refractivity contribution is 0.355. The second kappa shape index (κ2) is 5.24. The van der Waals surface area contributed by atoms with E-state index in [0.29, 0.717) is 28.2 Å². The average Bonchev–Trinajstić information content (AvgIpc) is 2.54. The number of aromatic nitrogens is 3. The van der Waals surface area contributed by atoms with Gasteiger partial charge in [0.25, 0.3) is 5.56 Å². The number of rotatable bonds is 3. The molecule has 0 aliphatic carbocycles. The summed E-state index contributed by atoms with van der Waals surface area (Å²) >= 11 is 0. The summed E-state index contributed by atoms with van der Waals surface area (Å²) in [6, 6.07) is 6.91. The topological polar surface area (TPSA) is 77.1 Å². The molecule has 0 aliphatic heterocycles. The lowest BCUT2D eigenvalue weighted by Gasteiger charge is -2.09. The number of hydrogen-bond acceptors (Lipinski definition) is 5. The van der Waals surface area contributed by atoms with Crippen LogP contribution in [-0.2, 0) is 0 Å². The molecule has 0 bridgehead atoms. The molecular formula is C15H13N3O3. The molecule has 2 heterocycles. The standard InChI is InChI=1S/C15H13N3O3/c1-20-12-7-10-11(8-13(12)21-2)17-14(18-15(10)19)9-3-5-16-6-4-9/h3-8H,1-2H3,(H,17,18,19). The molecular weight excluding hydrogens is 270 g/mol.